The minimum absolute atomic E-state index is 0.404. The van der Waals surface area contributed by atoms with Crippen molar-refractivity contribution in [2.45, 2.75) is 71.9 Å². The average molecular weight is 227 g/mol. The topological polar surface area (TPSA) is 21.3 Å². The van der Waals surface area contributed by atoms with Crippen molar-refractivity contribution in [2.24, 2.45) is 5.41 Å². The van der Waals surface area contributed by atoms with E-state index in [0.717, 1.165) is 19.2 Å². The van der Waals surface area contributed by atoms with Crippen molar-refractivity contribution in [1.29, 1.82) is 0 Å². The van der Waals surface area contributed by atoms with Crippen LogP contribution in [0.1, 0.15) is 59.8 Å². The predicted molar refractivity (Wildman–Crippen MR) is 69.7 cm³/mol. The third-order valence-corrected chi connectivity index (χ3v) is 3.37. The minimum Gasteiger partial charge on any atom is -0.378 e. The van der Waals surface area contributed by atoms with Crippen LogP contribution in [0.15, 0.2) is 0 Å². The standard InChI is InChI=1S/C14H29NO/c1-5-15-12-6-8-13(9-7-12)16-11-10-14(2,3)4/h12-13,15H,5-11H2,1-4H3. The number of hydrogen-bond donors (Lipinski definition) is 1. The third kappa shape index (κ3) is 5.86. The van der Waals surface area contributed by atoms with Crippen LogP contribution in [0, 0.1) is 5.41 Å². The highest BCUT2D eigenvalue weighted by Crippen LogP contribution is 2.23. The molecule has 0 unspecified atom stereocenters. The molecule has 2 nitrogen and oxygen atoms in total. The summed E-state index contributed by atoms with van der Waals surface area (Å²) in [5.74, 6) is 0. The second-order valence-electron chi connectivity index (χ2n) is 6.21. The number of hydrogen-bond acceptors (Lipinski definition) is 2. The minimum atomic E-state index is 0.404. The second kappa shape index (κ2) is 6.61. The molecule has 1 fully saturated rings. The van der Waals surface area contributed by atoms with Crippen LogP contribution < -0.4 is 5.32 Å². The van der Waals surface area contributed by atoms with Gasteiger partial charge in [0.2, 0.25) is 0 Å². The van der Waals surface area contributed by atoms with E-state index in [4.69, 9.17) is 4.74 Å². The lowest BCUT2D eigenvalue weighted by molar-refractivity contribution is 0.0108. The van der Waals surface area contributed by atoms with Crippen molar-refractivity contribution >= 4 is 0 Å². The first kappa shape index (κ1) is 14.0. The summed E-state index contributed by atoms with van der Waals surface area (Å²) in [4.78, 5) is 0. The monoisotopic (exact) mass is 227 g/mol. The van der Waals surface area contributed by atoms with Crippen molar-refractivity contribution in [3.63, 3.8) is 0 Å². The fourth-order valence-electron chi connectivity index (χ4n) is 2.25. The largest absolute Gasteiger partial charge is 0.378 e. The zero-order chi connectivity index (χ0) is 12.0. The molecule has 0 bridgehead atoms. The quantitative estimate of drug-likeness (QED) is 0.777. The van der Waals surface area contributed by atoms with Gasteiger partial charge in [0.1, 0.15) is 0 Å². The molecule has 0 radical (unpaired) electrons. The fraction of sp³-hybridized carbons (Fsp3) is 1.00. The summed E-state index contributed by atoms with van der Waals surface area (Å²) < 4.78 is 5.96. The fourth-order valence-corrected chi connectivity index (χ4v) is 2.25. The van der Waals surface area contributed by atoms with Crippen molar-refractivity contribution < 1.29 is 4.74 Å². The van der Waals surface area contributed by atoms with Gasteiger partial charge in [-0.1, -0.05) is 27.7 Å². The van der Waals surface area contributed by atoms with Gasteiger partial charge in [0.15, 0.2) is 0 Å². The Labute approximate surface area is 101 Å². The van der Waals surface area contributed by atoms with Crippen molar-refractivity contribution in [3.8, 4) is 0 Å². The summed E-state index contributed by atoms with van der Waals surface area (Å²) >= 11 is 0. The maximum absolute atomic E-state index is 5.96. The summed E-state index contributed by atoms with van der Waals surface area (Å²) in [6, 6.07) is 0.743. The van der Waals surface area contributed by atoms with E-state index in [1.54, 1.807) is 0 Å². The summed E-state index contributed by atoms with van der Waals surface area (Å²) in [7, 11) is 0. The van der Waals surface area contributed by atoms with Gasteiger partial charge in [-0.25, -0.2) is 0 Å². The summed E-state index contributed by atoms with van der Waals surface area (Å²) in [5.41, 5.74) is 0.404. The first-order valence-corrected chi connectivity index (χ1v) is 6.86. The van der Waals surface area contributed by atoms with Crippen LogP contribution in [-0.2, 0) is 4.74 Å². The first-order valence-electron chi connectivity index (χ1n) is 6.86. The van der Waals surface area contributed by atoms with Crippen molar-refractivity contribution in [2.75, 3.05) is 13.2 Å². The van der Waals surface area contributed by atoms with Gasteiger partial charge in [0.25, 0.3) is 0 Å². The molecular formula is C14H29NO. The van der Waals surface area contributed by atoms with Gasteiger partial charge >= 0.3 is 0 Å². The van der Waals surface area contributed by atoms with E-state index in [1.165, 1.54) is 32.1 Å². The maximum Gasteiger partial charge on any atom is 0.0576 e. The zero-order valence-corrected chi connectivity index (χ0v) is 11.5. The molecule has 96 valence electrons. The normalized spacial score (nSPS) is 27.0. The molecule has 2 heteroatoms. The van der Waals surface area contributed by atoms with Crippen LogP contribution in [0.3, 0.4) is 0 Å². The molecule has 0 spiro atoms. The van der Waals surface area contributed by atoms with Gasteiger partial charge in [-0.15, -0.1) is 0 Å². The molecule has 0 aromatic carbocycles. The van der Waals surface area contributed by atoms with E-state index in [9.17, 15) is 0 Å². The Hall–Kier alpha value is -0.0800. The molecule has 1 saturated carbocycles. The Kier molecular flexibility index (Phi) is 5.77. The molecule has 1 N–H and O–H groups in total. The van der Waals surface area contributed by atoms with Crippen LogP contribution in [0.2, 0.25) is 0 Å². The van der Waals surface area contributed by atoms with Crippen LogP contribution >= 0.6 is 0 Å². The SMILES string of the molecule is CCNC1CCC(OCCC(C)(C)C)CC1. The molecule has 16 heavy (non-hydrogen) atoms. The highest BCUT2D eigenvalue weighted by atomic mass is 16.5. The van der Waals surface area contributed by atoms with Crippen LogP contribution in [0.5, 0.6) is 0 Å². The maximum atomic E-state index is 5.96. The Bertz CT molecular complexity index is 178. The first-order chi connectivity index (χ1) is 7.51. The highest BCUT2D eigenvalue weighted by molar-refractivity contribution is 4.77. The van der Waals surface area contributed by atoms with Gasteiger partial charge in [-0.3, -0.25) is 0 Å². The molecule has 0 aromatic rings. The molecule has 0 aromatic heterocycles. The van der Waals surface area contributed by atoms with Gasteiger partial charge in [-0.2, -0.15) is 0 Å². The Morgan fingerprint density at radius 3 is 2.25 bits per heavy atom. The van der Waals surface area contributed by atoms with E-state index in [0.29, 0.717) is 11.5 Å². The summed E-state index contributed by atoms with van der Waals surface area (Å²) in [6.45, 7) is 11.0. The van der Waals surface area contributed by atoms with Gasteiger partial charge in [0.05, 0.1) is 6.10 Å². The van der Waals surface area contributed by atoms with E-state index in [1.807, 2.05) is 0 Å². The van der Waals surface area contributed by atoms with Gasteiger partial charge in [-0.05, 0) is 44.1 Å². The van der Waals surface area contributed by atoms with Crippen LogP contribution in [-0.4, -0.2) is 25.3 Å². The van der Waals surface area contributed by atoms with E-state index in [-0.39, 0.29) is 0 Å². The van der Waals surface area contributed by atoms with Crippen LogP contribution in [0.4, 0.5) is 0 Å². The van der Waals surface area contributed by atoms with Crippen molar-refractivity contribution in [3.05, 3.63) is 0 Å². The Morgan fingerprint density at radius 2 is 1.75 bits per heavy atom. The molecular weight excluding hydrogens is 198 g/mol. The number of rotatable bonds is 5. The molecule has 1 aliphatic rings. The highest BCUT2D eigenvalue weighted by Gasteiger charge is 2.21. The third-order valence-electron chi connectivity index (χ3n) is 3.37. The summed E-state index contributed by atoms with van der Waals surface area (Å²) in [5, 5.41) is 3.53. The molecule has 0 heterocycles. The van der Waals surface area contributed by atoms with Crippen LogP contribution in [0.25, 0.3) is 0 Å². The van der Waals surface area contributed by atoms with Gasteiger partial charge < -0.3 is 10.1 Å². The van der Waals surface area contributed by atoms with E-state index >= 15 is 0 Å². The zero-order valence-electron chi connectivity index (χ0n) is 11.5. The lowest BCUT2D eigenvalue weighted by Gasteiger charge is -2.29. The molecule has 0 atom stereocenters. The molecule has 0 saturated heterocycles. The molecule has 1 aliphatic carbocycles. The number of ether oxygens (including phenoxy) is 1. The number of nitrogens with one attached hydrogen (secondary N) is 1. The van der Waals surface area contributed by atoms with Gasteiger partial charge in [0, 0.05) is 12.6 Å². The average Bonchev–Trinajstić information content (AvgIpc) is 2.19. The molecule has 0 amide bonds. The van der Waals surface area contributed by atoms with Crippen molar-refractivity contribution in [1.82, 2.24) is 5.32 Å². The summed E-state index contributed by atoms with van der Waals surface area (Å²) in [6.07, 6.45) is 6.74. The molecule has 1 rings (SSSR count). The molecule has 0 aliphatic heterocycles. The second-order valence-corrected chi connectivity index (χ2v) is 6.21. The Morgan fingerprint density at radius 1 is 1.12 bits per heavy atom. The lowest BCUT2D eigenvalue weighted by Crippen LogP contribution is -2.35. The van der Waals surface area contributed by atoms with E-state index in [2.05, 4.69) is 33.0 Å². The Balaban J connectivity index is 2.08. The lowest BCUT2D eigenvalue weighted by atomic mass is 9.91. The smallest absolute Gasteiger partial charge is 0.0576 e. The predicted octanol–water partition coefficient (Wildman–Crippen LogP) is 3.36. The van der Waals surface area contributed by atoms with E-state index < -0.39 is 0 Å².